The first-order valence-corrected chi connectivity index (χ1v) is 12.4. The highest BCUT2D eigenvalue weighted by Gasteiger charge is 2.39. The van der Waals surface area contributed by atoms with Gasteiger partial charge in [0.05, 0.1) is 23.4 Å². The Morgan fingerprint density at radius 3 is 2.08 bits per heavy atom. The monoisotopic (exact) mass is 532 g/mol. The van der Waals surface area contributed by atoms with Gasteiger partial charge in [-0.15, -0.1) is 0 Å². The summed E-state index contributed by atoms with van der Waals surface area (Å²) in [6, 6.07) is 19.2. The fourth-order valence-electron chi connectivity index (χ4n) is 3.59. The number of rotatable bonds is 9. The van der Waals surface area contributed by atoms with Gasteiger partial charge in [-0.25, -0.2) is 14.5 Å². The Kier molecular flexibility index (Phi) is 8.23. The third-order valence-corrected chi connectivity index (χ3v) is 6.09. The molecular weight excluding hydrogens is 508 g/mol. The molecule has 0 spiro atoms. The van der Waals surface area contributed by atoms with Crippen molar-refractivity contribution in [2.24, 2.45) is 0 Å². The number of aryl methyl sites for hydroxylation is 1. The van der Waals surface area contributed by atoms with Crippen molar-refractivity contribution in [1.82, 2.24) is 0 Å². The van der Waals surface area contributed by atoms with Crippen LogP contribution in [-0.2, 0) is 14.3 Å². The van der Waals surface area contributed by atoms with E-state index in [4.69, 9.17) is 21.1 Å². The van der Waals surface area contributed by atoms with Gasteiger partial charge in [-0.05, 0) is 74.0 Å². The summed E-state index contributed by atoms with van der Waals surface area (Å²) >= 11 is 6.21. The third-order valence-electron chi connectivity index (χ3n) is 5.74. The van der Waals surface area contributed by atoms with Gasteiger partial charge in [0.1, 0.15) is 16.5 Å². The molecule has 0 saturated heterocycles. The normalized spacial score (nSPS) is 13.1. The number of halogens is 1. The number of esters is 2. The summed E-state index contributed by atoms with van der Waals surface area (Å²) in [4.78, 5) is 51.3. The Hall–Kier alpha value is -4.43. The van der Waals surface area contributed by atoms with E-state index >= 15 is 0 Å². The Labute approximate surface area is 224 Å². The number of amides is 2. The van der Waals surface area contributed by atoms with Gasteiger partial charge in [-0.3, -0.25) is 9.59 Å². The first kappa shape index (κ1) is 26.6. The predicted molar refractivity (Wildman–Crippen MR) is 143 cm³/mol. The summed E-state index contributed by atoms with van der Waals surface area (Å²) in [5.41, 5.74) is 2.26. The van der Waals surface area contributed by atoms with Crippen molar-refractivity contribution in [3.8, 4) is 5.75 Å². The molecule has 194 valence electrons. The van der Waals surface area contributed by atoms with Crippen LogP contribution in [0.5, 0.6) is 5.75 Å². The van der Waals surface area contributed by atoms with E-state index in [1.54, 1.807) is 24.3 Å². The number of carbonyl (C=O) groups excluding carboxylic acids is 4. The Morgan fingerprint density at radius 2 is 1.45 bits per heavy atom. The van der Waals surface area contributed by atoms with Gasteiger partial charge in [0.25, 0.3) is 11.8 Å². The van der Waals surface area contributed by atoms with E-state index in [-0.39, 0.29) is 16.4 Å². The van der Waals surface area contributed by atoms with Crippen LogP contribution in [0.4, 0.5) is 11.4 Å². The molecule has 0 fully saturated rings. The van der Waals surface area contributed by atoms with Gasteiger partial charge in [0.15, 0.2) is 0 Å². The minimum absolute atomic E-state index is 0.102. The van der Waals surface area contributed by atoms with E-state index in [0.717, 1.165) is 23.3 Å². The van der Waals surface area contributed by atoms with Gasteiger partial charge in [-0.1, -0.05) is 42.6 Å². The Bertz CT molecular complexity index is 1400. The molecule has 0 atom stereocenters. The van der Waals surface area contributed by atoms with Crippen molar-refractivity contribution < 1.29 is 28.7 Å². The van der Waals surface area contributed by atoms with Gasteiger partial charge in [-0.2, -0.15) is 0 Å². The molecule has 0 saturated carbocycles. The van der Waals surface area contributed by atoms with E-state index in [0.29, 0.717) is 29.2 Å². The maximum Gasteiger partial charge on any atom is 0.343 e. The lowest BCUT2D eigenvalue weighted by atomic mass is 10.2. The van der Waals surface area contributed by atoms with Crippen LogP contribution < -0.4 is 15.0 Å². The highest BCUT2D eigenvalue weighted by Crippen LogP contribution is 2.30. The number of imide groups is 1. The van der Waals surface area contributed by atoms with E-state index in [2.05, 4.69) is 5.32 Å². The van der Waals surface area contributed by atoms with Gasteiger partial charge in [0, 0.05) is 5.69 Å². The molecule has 1 N–H and O–H groups in total. The summed E-state index contributed by atoms with van der Waals surface area (Å²) in [5.74, 6) is -1.93. The molecule has 9 heteroatoms. The minimum Gasteiger partial charge on any atom is -0.462 e. The van der Waals surface area contributed by atoms with Crippen molar-refractivity contribution in [2.45, 2.75) is 26.7 Å². The molecule has 0 aromatic heterocycles. The highest BCUT2D eigenvalue weighted by molar-refractivity contribution is 6.53. The second kappa shape index (κ2) is 11.7. The number of nitrogens with one attached hydrogen (secondary N) is 1. The largest absolute Gasteiger partial charge is 0.462 e. The maximum absolute atomic E-state index is 13.1. The summed E-state index contributed by atoms with van der Waals surface area (Å²) in [5, 5.41) is 2.58. The van der Waals surface area contributed by atoms with Crippen molar-refractivity contribution >= 4 is 46.7 Å². The maximum atomic E-state index is 13.1. The van der Waals surface area contributed by atoms with E-state index in [9.17, 15) is 19.2 Å². The molecule has 4 rings (SSSR count). The number of hydrogen-bond acceptors (Lipinski definition) is 7. The molecule has 3 aromatic carbocycles. The highest BCUT2D eigenvalue weighted by atomic mass is 35.5. The number of ether oxygens (including phenoxy) is 2. The number of unbranched alkanes of at least 4 members (excludes halogenated alkanes) is 1. The quantitative estimate of drug-likeness (QED) is 0.165. The smallest absolute Gasteiger partial charge is 0.343 e. The number of benzene rings is 3. The molecule has 3 aromatic rings. The second-order valence-corrected chi connectivity index (χ2v) is 8.95. The van der Waals surface area contributed by atoms with Crippen LogP contribution in [0.25, 0.3) is 0 Å². The third kappa shape index (κ3) is 5.92. The van der Waals surface area contributed by atoms with E-state index < -0.39 is 23.8 Å². The number of carbonyl (C=O) groups is 4. The molecule has 0 radical (unpaired) electrons. The van der Waals surface area contributed by atoms with E-state index in [1.807, 2.05) is 26.0 Å². The number of anilines is 2. The Morgan fingerprint density at radius 1 is 0.842 bits per heavy atom. The topological polar surface area (TPSA) is 102 Å². The van der Waals surface area contributed by atoms with Gasteiger partial charge in [0.2, 0.25) is 0 Å². The van der Waals surface area contributed by atoms with Crippen LogP contribution in [0.2, 0.25) is 0 Å². The van der Waals surface area contributed by atoms with Gasteiger partial charge < -0.3 is 14.8 Å². The number of nitrogens with zero attached hydrogens (tertiary/aromatic N) is 1. The molecule has 8 nitrogen and oxygen atoms in total. The van der Waals surface area contributed by atoms with Crippen molar-refractivity contribution in [2.75, 3.05) is 16.8 Å². The zero-order chi connectivity index (χ0) is 27.2. The first-order chi connectivity index (χ1) is 18.3. The molecule has 0 unspecified atom stereocenters. The molecular formula is C29H25ClN2O6. The lowest BCUT2D eigenvalue weighted by molar-refractivity contribution is -0.120. The van der Waals surface area contributed by atoms with Crippen LogP contribution in [0, 0.1) is 6.92 Å². The van der Waals surface area contributed by atoms with Crippen LogP contribution in [0.1, 0.15) is 46.0 Å². The van der Waals surface area contributed by atoms with Crippen LogP contribution in [0.15, 0.2) is 83.5 Å². The molecule has 2 amide bonds. The predicted octanol–water partition coefficient (Wildman–Crippen LogP) is 5.61. The van der Waals surface area contributed by atoms with Crippen molar-refractivity contribution in [1.29, 1.82) is 0 Å². The van der Waals surface area contributed by atoms with Crippen LogP contribution in [0.3, 0.4) is 0 Å². The van der Waals surface area contributed by atoms with Crippen molar-refractivity contribution in [3.63, 3.8) is 0 Å². The summed E-state index contributed by atoms with van der Waals surface area (Å²) in [6.45, 7) is 4.25. The molecule has 1 aliphatic heterocycles. The van der Waals surface area contributed by atoms with Gasteiger partial charge >= 0.3 is 11.9 Å². The average Bonchev–Trinajstić information content (AvgIpc) is 3.13. The lowest BCUT2D eigenvalue weighted by Gasteiger charge is -2.15. The standard InChI is InChI=1S/C29H25ClN2O6/c1-3-4-17-37-28(35)19-9-13-22(14-10-19)32-26(33)24(30)25(27(32)34)31-21-11-7-20(8-12-21)29(36)38-23-15-5-18(2)6-16-23/h5-16,31H,3-4,17H2,1-2H3. The zero-order valence-electron chi connectivity index (χ0n) is 20.8. The SMILES string of the molecule is CCCCOC(=O)c1ccc(N2C(=O)C(Cl)=C(Nc3ccc(C(=O)Oc4ccc(C)cc4)cc3)C2=O)cc1. The summed E-state index contributed by atoms with van der Waals surface area (Å²) in [6.07, 6.45) is 1.67. The average molecular weight is 533 g/mol. The summed E-state index contributed by atoms with van der Waals surface area (Å²) in [7, 11) is 0. The molecule has 1 aliphatic rings. The first-order valence-electron chi connectivity index (χ1n) is 12.0. The minimum atomic E-state index is -0.698. The fourth-order valence-corrected chi connectivity index (χ4v) is 3.80. The Balaban J connectivity index is 1.41. The van der Waals surface area contributed by atoms with Crippen LogP contribution >= 0.6 is 11.6 Å². The lowest BCUT2D eigenvalue weighted by Crippen LogP contribution is -2.32. The molecule has 38 heavy (non-hydrogen) atoms. The molecule has 0 aliphatic carbocycles. The van der Waals surface area contributed by atoms with Crippen LogP contribution in [-0.4, -0.2) is 30.4 Å². The number of hydrogen-bond donors (Lipinski definition) is 1. The zero-order valence-corrected chi connectivity index (χ0v) is 21.6. The van der Waals surface area contributed by atoms with Crippen molar-refractivity contribution in [3.05, 3.63) is 100 Å². The second-order valence-electron chi connectivity index (χ2n) is 8.58. The molecule has 0 bridgehead atoms. The fraction of sp³-hybridized carbons (Fsp3) is 0.172. The summed E-state index contributed by atoms with van der Waals surface area (Å²) < 4.78 is 10.5. The molecule has 1 heterocycles. The van der Waals surface area contributed by atoms with E-state index in [1.165, 1.54) is 36.4 Å².